The van der Waals surface area contributed by atoms with Gasteiger partial charge >= 0.3 is 0 Å². The predicted molar refractivity (Wildman–Crippen MR) is 69.6 cm³/mol. The molecule has 0 spiro atoms. The molecule has 0 aromatic heterocycles. The Morgan fingerprint density at radius 3 is 2.83 bits per heavy atom. The molecule has 2 aliphatic rings. The van der Waals surface area contributed by atoms with Gasteiger partial charge in [0.2, 0.25) is 5.91 Å². The fraction of sp³-hybridized carbons (Fsp3) is 0.467. The van der Waals surface area contributed by atoms with E-state index in [4.69, 9.17) is 0 Å². The van der Waals surface area contributed by atoms with E-state index in [1.807, 2.05) is 18.2 Å². The van der Waals surface area contributed by atoms with Gasteiger partial charge in [0, 0.05) is 23.6 Å². The van der Waals surface area contributed by atoms with Crippen LogP contribution in [0.15, 0.2) is 18.2 Å². The third kappa shape index (κ3) is 2.05. The summed E-state index contributed by atoms with van der Waals surface area (Å²) in [5.74, 6) is 1.10. The number of benzene rings is 1. The van der Waals surface area contributed by atoms with Gasteiger partial charge in [0.05, 0.1) is 0 Å². The maximum Gasteiger partial charge on any atom is 0.224 e. The number of rotatable bonds is 2. The van der Waals surface area contributed by atoms with Crippen LogP contribution in [0.25, 0.3) is 0 Å². The summed E-state index contributed by atoms with van der Waals surface area (Å²) in [6.07, 6.45) is 3.32. The van der Waals surface area contributed by atoms with E-state index in [0.29, 0.717) is 12.3 Å². The van der Waals surface area contributed by atoms with Crippen molar-refractivity contribution in [3.05, 3.63) is 29.3 Å². The van der Waals surface area contributed by atoms with E-state index >= 15 is 0 Å². The molecule has 1 amide bonds. The molecular weight excluding hydrogens is 226 g/mol. The first kappa shape index (κ1) is 11.5. The van der Waals surface area contributed by atoms with Gasteiger partial charge in [-0.25, -0.2) is 0 Å². The number of Topliss-reactive ketones (excluding diaryl/α,β-unsaturated/α-hetero) is 1. The van der Waals surface area contributed by atoms with Gasteiger partial charge in [0.1, 0.15) is 0 Å². The van der Waals surface area contributed by atoms with E-state index in [-0.39, 0.29) is 17.6 Å². The molecule has 0 saturated heterocycles. The molecule has 0 radical (unpaired) electrons. The fourth-order valence-electron chi connectivity index (χ4n) is 2.63. The van der Waals surface area contributed by atoms with Crippen LogP contribution in [0.1, 0.15) is 42.1 Å². The van der Waals surface area contributed by atoms with Crippen LogP contribution in [0.5, 0.6) is 0 Å². The maximum absolute atomic E-state index is 12.2. The normalized spacial score (nSPS) is 25.9. The van der Waals surface area contributed by atoms with E-state index < -0.39 is 0 Å². The second-order valence-corrected chi connectivity index (χ2v) is 5.46. The number of carbonyl (C=O) groups excluding carboxylic acids is 2. The van der Waals surface area contributed by atoms with E-state index in [1.165, 1.54) is 0 Å². The molecule has 1 aliphatic heterocycles. The molecule has 2 atom stereocenters. The number of hydrogen-bond acceptors (Lipinski definition) is 2. The number of amides is 1. The summed E-state index contributed by atoms with van der Waals surface area (Å²) in [5.41, 5.74) is 2.78. The SMILES string of the molecule is CC1CC1C(=O)c1ccc2c(c1)CCCC(=O)N2. The first-order chi connectivity index (χ1) is 8.65. The average molecular weight is 243 g/mol. The molecule has 94 valence electrons. The van der Waals surface area contributed by atoms with Gasteiger partial charge in [-0.15, -0.1) is 0 Å². The Bertz CT molecular complexity index is 521. The Hall–Kier alpha value is -1.64. The number of carbonyl (C=O) groups is 2. The molecule has 1 N–H and O–H groups in total. The van der Waals surface area contributed by atoms with E-state index in [9.17, 15) is 9.59 Å². The molecule has 1 fully saturated rings. The third-order valence-electron chi connectivity index (χ3n) is 3.96. The van der Waals surface area contributed by atoms with Crippen LogP contribution in [-0.2, 0) is 11.2 Å². The maximum atomic E-state index is 12.2. The first-order valence-corrected chi connectivity index (χ1v) is 6.62. The Labute approximate surface area is 107 Å². The molecule has 1 aromatic rings. The average Bonchev–Trinajstić information content (AvgIpc) is 3.09. The van der Waals surface area contributed by atoms with E-state index in [1.54, 1.807) is 0 Å². The number of nitrogens with one attached hydrogen (secondary N) is 1. The molecule has 2 unspecified atom stereocenters. The minimum Gasteiger partial charge on any atom is -0.326 e. The lowest BCUT2D eigenvalue weighted by molar-refractivity contribution is -0.116. The number of aryl methyl sites for hydroxylation is 1. The third-order valence-corrected chi connectivity index (χ3v) is 3.96. The molecule has 1 heterocycles. The lowest BCUT2D eigenvalue weighted by Gasteiger charge is -2.08. The summed E-state index contributed by atoms with van der Waals surface area (Å²) in [5, 5.41) is 2.89. The molecule has 3 nitrogen and oxygen atoms in total. The van der Waals surface area contributed by atoms with Crippen molar-refractivity contribution in [2.45, 2.75) is 32.6 Å². The topological polar surface area (TPSA) is 46.2 Å². The summed E-state index contributed by atoms with van der Waals surface area (Å²) in [4.78, 5) is 23.6. The Morgan fingerprint density at radius 1 is 1.33 bits per heavy atom. The highest BCUT2D eigenvalue weighted by Crippen LogP contribution is 2.40. The van der Waals surface area contributed by atoms with Crippen molar-refractivity contribution in [2.75, 3.05) is 5.32 Å². The molecule has 0 bridgehead atoms. The summed E-state index contributed by atoms with van der Waals surface area (Å²) in [7, 11) is 0. The van der Waals surface area contributed by atoms with Crippen molar-refractivity contribution in [3.63, 3.8) is 0 Å². The number of anilines is 1. The van der Waals surface area contributed by atoms with Crippen LogP contribution in [0.4, 0.5) is 5.69 Å². The molecule has 3 rings (SSSR count). The van der Waals surface area contributed by atoms with Crippen molar-refractivity contribution in [2.24, 2.45) is 11.8 Å². The van der Waals surface area contributed by atoms with E-state index in [0.717, 1.165) is 36.1 Å². The quantitative estimate of drug-likeness (QED) is 0.812. The molecule has 3 heteroatoms. The van der Waals surface area contributed by atoms with Crippen molar-refractivity contribution in [3.8, 4) is 0 Å². The minimum absolute atomic E-state index is 0.0728. The lowest BCUT2D eigenvalue weighted by Crippen LogP contribution is -2.10. The zero-order chi connectivity index (χ0) is 12.7. The summed E-state index contributed by atoms with van der Waals surface area (Å²) in [6.45, 7) is 2.12. The molecule has 18 heavy (non-hydrogen) atoms. The van der Waals surface area contributed by atoms with Gasteiger partial charge < -0.3 is 5.32 Å². The molecular formula is C15H17NO2. The zero-order valence-electron chi connectivity index (χ0n) is 10.5. The smallest absolute Gasteiger partial charge is 0.224 e. The Balaban J connectivity index is 1.88. The van der Waals surface area contributed by atoms with Crippen LogP contribution in [-0.4, -0.2) is 11.7 Å². The highest BCUT2D eigenvalue weighted by atomic mass is 16.1. The minimum atomic E-state index is 0.0728. The van der Waals surface area contributed by atoms with Gasteiger partial charge in [-0.05, 0) is 48.9 Å². The predicted octanol–water partition coefficient (Wildman–Crippen LogP) is 2.80. The summed E-state index contributed by atoms with van der Waals surface area (Å²) >= 11 is 0. The molecule has 1 saturated carbocycles. The number of hydrogen-bond donors (Lipinski definition) is 1. The second-order valence-electron chi connectivity index (χ2n) is 5.46. The highest BCUT2D eigenvalue weighted by Gasteiger charge is 2.39. The Morgan fingerprint density at radius 2 is 2.11 bits per heavy atom. The highest BCUT2D eigenvalue weighted by molar-refractivity contribution is 6.01. The largest absolute Gasteiger partial charge is 0.326 e. The van der Waals surface area contributed by atoms with Gasteiger partial charge in [-0.2, -0.15) is 0 Å². The van der Waals surface area contributed by atoms with Gasteiger partial charge in [-0.3, -0.25) is 9.59 Å². The summed E-state index contributed by atoms with van der Waals surface area (Å²) < 4.78 is 0. The fourth-order valence-corrected chi connectivity index (χ4v) is 2.63. The van der Waals surface area contributed by atoms with Crippen LogP contribution in [0, 0.1) is 11.8 Å². The zero-order valence-corrected chi connectivity index (χ0v) is 10.5. The monoisotopic (exact) mass is 243 g/mol. The van der Waals surface area contributed by atoms with Gasteiger partial charge in [-0.1, -0.05) is 6.92 Å². The van der Waals surface area contributed by atoms with Crippen molar-refractivity contribution in [1.82, 2.24) is 0 Å². The van der Waals surface area contributed by atoms with Crippen LogP contribution >= 0.6 is 0 Å². The Kier molecular flexibility index (Phi) is 2.69. The first-order valence-electron chi connectivity index (χ1n) is 6.62. The number of fused-ring (bicyclic) bond motifs is 1. The van der Waals surface area contributed by atoms with Crippen molar-refractivity contribution in [1.29, 1.82) is 0 Å². The van der Waals surface area contributed by atoms with Gasteiger partial charge in [0.15, 0.2) is 5.78 Å². The van der Waals surface area contributed by atoms with Crippen LogP contribution in [0.3, 0.4) is 0 Å². The van der Waals surface area contributed by atoms with Crippen molar-refractivity contribution >= 4 is 17.4 Å². The standard InChI is InChI=1S/C15H17NO2/c1-9-7-12(9)15(18)11-5-6-13-10(8-11)3-2-4-14(17)16-13/h5-6,8-9,12H,2-4,7H2,1H3,(H,16,17). The van der Waals surface area contributed by atoms with Crippen LogP contribution in [0.2, 0.25) is 0 Å². The second kappa shape index (κ2) is 4.23. The van der Waals surface area contributed by atoms with Gasteiger partial charge in [0.25, 0.3) is 0 Å². The van der Waals surface area contributed by atoms with Crippen molar-refractivity contribution < 1.29 is 9.59 Å². The van der Waals surface area contributed by atoms with Crippen LogP contribution < -0.4 is 5.32 Å². The lowest BCUT2D eigenvalue weighted by atomic mass is 10.00. The molecule has 1 aromatic carbocycles. The van der Waals surface area contributed by atoms with E-state index in [2.05, 4.69) is 12.2 Å². The summed E-state index contributed by atoms with van der Waals surface area (Å²) in [6, 6.07) is 5.69. The molecule has 1 aliphatic carbocycles. The number of ketones is 1.